The molecule has 5 nitrogen and oxygen atoms in total. The van der Waals surface area contributed by atoms with Gasteiger partial charge in [0.25, 0.3) is 0 Å². The van der Waals surface area contributed by atoms with Gasteiger partial charge < -0.3 is 10.1 Å². The monoisotopic (exact) mass is 407 g/mol. The van der Waals surface area contributed by atoms with E-state index in [-0.39, 0.29) is 11.8 Å². The summed E-state index contributed by atoms with van der Waals surface area (Å²) in [4.78, 5) is 19.7. The Hall–Kier alpha value is -2.54. The second-order valence-electron chi connectivity index (χ2n) is 7.16. The number of ether oxygens (including phenoxy) is 1. The molecular weight excluding hydrogens is 382 g/mol. The summed E-state index contributed by atoms with van der Waals surface area (Å²) in [7, 11) is 0. The molecule has 29 heavy (non-hydrogen) atoms. The maximum Gasteiger partial charge on any atom is 0.227 e. The van der Waals surface area contributed by atoms with E-state index >= 15 is 0 Å². The molecule has 1 fully saturated rings. The molecule has 1 aromatic heterocycles. The van der Waals surface area contributed by atoms with Crippen LogP contribution in [0.2, 0.25) is 0 Å². The number of nitrogens with zero attached hydrogens (tertiary/aromatic N) is 2. The van der Waals surface area contributed by atoms with Gasteiger partial charge in [-0.15, -0.1) is 11.3 Å². The number of rotatable bonds is 7. The number of thiazole rings is 1. The molecule has 0 atom stereocenters. The Morgan fingerprint density at radius 1 is 1.03 bits per heavy atom. The normalized spacial score (nSPS) is 14.8. The van der Waals surface area contributed by atoms with Crippen molar-refractivity contribution in [2.24, 2.45) is 0 Å². The SMILES string of the molecule is O=C(CC(c1ccccc1)c1ccccc1)Nc1nc(CN2CCOCC2)cs1. The number of anilines is 1. The van der Waals surface area contributed by atoms with Gasteiger partial charge in [-0.3, -0.25) is 9.69 Å². The Morgan fingerprint density at radius 2 is 1.66 bits per heavy atom. The van der Waals surface area contributed by atoms with Crippen LogP contribution in [0, 0.1) is 0 Å². The standard InChI is InChI=1S/C23H25N3O2S/c27-22(25-23-24-20(17-29-23)16-26-11-13-28-14-12-26)15-21(18-7-3-1-4-8-18)19-9-5-2-6-10-19/h1-10,17,21H,11-16H2,(H,24,25,27). The van der Waals surface area contributed by atoms with Crippen LogP contribution in [-0.2, 0) is 16.1 Å². The van der Waals surface area contributed by atoms with Gasteiger partial charge in [-0.2, -0.15) is 0 Å². The number of hydrogen-bond acceptors (Lipinski definition) is 5. The van der Waals surface area contributed by atoms with Gasteiger partial charge in [0, 0.05) is 37.4 Å². The molecule has 1 amide bonds. The molecule has 0 radical (unpaired) electrons. The molecule has 3 aromatic rings. The average Bonchev–Trinajstić information content (AvgIpc) is 3.20. The first-order valence-corrected chi connectivity index (χ1v) is 10.8. The molecule has 0 saturated carbocycles. The van der Waals surface area contributed by atoms with Gasteiger partial charge in [-0.05, 0) is 11.1 Å². The van der Waals surface area contributed by atoms with Crippen LogP contribution < -0.4 is 5.32 Å². The summed E-state index contributed by atoms with van der Waals surface area (Å²) >= 11 is 1.48. The molecule has 1 aliphatic rings. The highest BCUT2D eigenvalue weighted by molar-refractivity contribution is 7.13. The molecular formula is C23H25N3O2S. The lowest BCUT2D eigenvalue weighted by atomic mass is 9.88. The number of carbonyl (C=O) groups excluding carboxylic acids is 1. The molecule has 6 heteroatoms. The van der Waals surface area contributed by atoms with E-state index in [1.165, 1.54) is 11.3 Å². The minimum atomic E-state index is -0.0185. The highest BCUT2D eigenvalue weighted by Gasteiger charge is 2.19. The van der Waals surface area contributed by atoms with Crippen LogP contribution in [-0.4, -0.2) is 42.1 Å². The molecule has 4 rings (SSSR count). The smallest absolute Gasteiger partial charge is 0.227 e. The van der Waals surface area contributed by atoms with Crippen molar-refractivity contribution in [3.8, 4) is 0 Å². The summed E-state index contributed by atoms with van der Waals surface area (Å²) in [5, 5.41) is 5.68. The Labute approximate surface area is 175 Å². The second-order valence-corrected chi connectivity index (χ2v) is 8.02. The first-order chi connectivity index (χ1) is 14.3. The van der Waals surface area contributed by atoms with Crippen LogP contribution in [0.1, 0.15) is 29.2 Å². The topological polar surface area (TPSA) is 54.5 Å². The minimum absolute atomic E-state index is 0.0185. The van der Waals surface area contributed by atoms with Crippen molar-refractivity contribution in [2.75, 3.05) is 31.6 Å². The van der Waals surface area contributed by atoms with Crippen LogP contribution in [0.3, 0.4) is 0 Å². The molecule has 0 aliphatic carbocycles. The maximum atomic E-state index is 12.8. The van der Waals surface area contributed by atoms with E-state index in [2.05, 4.69) is 39.5 Å². The summed E-state index contributed by atoms with van der Waals surface area (Å²) in [5.41, 5.74) is 3.27. The van der Waals surface area contributed by atoms with Gasteiger partial charge >= 0.3 is 0 Å². The number of benzene rings is 2. The molecule has 0 unspecified atom stereocenters. The summed E-state index contributed by atoms with van der Waals surface area (Å²) in [6, 6.07) is 20.4. The van der Waals surface area contributed by atoms with Gasteiger partial charge in [-0.1, -0.05) is 60.7 Å². The zero-order valence-electron chi connectivity index (χ0n) is 16.3. The fourth-order valence-electron chi connectivity index (χ4n) is 3.58. The molecule has 0 spiro atoms. The third-order valence-electron chi connectivity index (χ3n) is 5.08. The third kappa shape index (κ3) is 5.50. The van der Waals surface area contributed by atoms with Gasteiger partial charge in [-0.25, -0.2) is 4.98 Å². The van der Waals surface area contributed by atoms with Crippen molar-refractivity contribution in [2.45, 2.75) is 18.9 Å². The van der Waals surface area contributed by atoms with Gasteiger partial charge in [0.05, 0.1) is 18.9 Å². The molecule has 1 saturated heterocycles. The van der Waals surface area contributed by atoms with Crippen molar-refractivity contribution in [3.05, 3.63) is 82.9 Å². The lowest BCUT2D eigenvalue weighted by Crippen LogP contribution is -2.35. The Balaban J connectivity index is 1.41. The number of hydrogen-bond donors (Lipinski definition) is 1. The van der Waals surface area contributed by atoms with E-state index in [0.29, 0.717) is 11.6 Å². The van der Waals surface area contributed by atoms with E-state index in [0.717, 1.165) is 49.7 Å². The second kappa shape index (κ2) is 9.78. The predicted octanol–water partition coefficient (Wildman–Crippen LogP) is 4.14. The number of amides is 1. The minimum Gasteiger partial charge on any atom is -0.379 e. The summed E-state index contributed by atoms with van der Waals surface area (Å²) in [5.74, 6) is 0.000149. The fourth-order valence-corrected chi connectivity index (χ4v) is 4.30. The number of morpholine rings is 1. The zero-order chi connectivity index (χ0) is 19.9. The van der Waals surface area contributed by atoms with Crippen LogP contribution in [0.15, 0.2) is 66.0 Å². The first-order valence-electron chi connectivity index (χ1n) is 9.92. The third-order valence-corrected chi connectivity index (χ3v) is 5.89. The molecule has 0 bridgehead atoms. The molecule has 150 valence electrons. The van der Waals surface area contributed by atoms with Gasteiger partial charge in [0.1, 0.15) is 0 Å². The largest absolute Gasteiger partial charge is 0.379 e. The van der Waals surface area contributed by atoms with Crippen molar-refractivity contribution >= 4 is 22.4 Å². The van der Waals surface area contributed by atoms with E-state index in [1.54, 1.807) is 0 Å². The highest BCUT2D eigenvalue weighted by Crippen LogP contribution is 2.28. The van der Waals surface area contributed by atoms with E-state index < -0.39 is 0 Å². The molecule has 1 aliphatic heterocycles. The van der Waals surface area contributed by atoms with Crippen molar-refractivity contribution in [1.82, 2.24) is 9.88 Å². The quantitative estimate of drug-likeness (QED) is 0.640. The van der Waals surface area contributed by atoms with E-state index in [1.807, 2.05) is 41.8 Å². The molecule has 2 aromatic carbocycles. The summed E-state index contributed by atoms with van der Waals surface area (Å²) < 4.78 is 5.39. The highest BCUT2D eigenvalue weighted by atomic mass is 32.1. The van der Waals surface area contributed by atoms with Crippen LogP contribution in [0.5, 0.6) is 0 Å². The van der Waals surface area contributed by atoms with Crippen molar-refractivity contribution in [1.29, 1.82) is 0 Å². The lowest BCUT2D eigenvalue weighted by Gasteiger charge is -2.25. The van der Waals surface area contributed by atoms with E-state index in [9.17, 15) is 4.79 Å². The van der Waals surface area contributed by atoms with Crippen molar-refractivity contribution < 1.29 is 9.53 Å². The summed E-state index contributed by atoms with van der Waals surface area (Å²) in [6.07, 6.45) is 0.381. The van der Waals surface area contributed by atoms with E-state index in [4.69, 9.17) is 4.74 Å². The maximum absolute atomic E-state index is 12.8. The van der Waals surface area contributed by atoms with Crippen molar-refractivity contribution in [3.63, 3.8) is 0 Å². The van der Waals surface area contributed by atoms with Crippen LogP contribution >= 0.6 is 11.3 Å². The first kappa shape index (κ1) is 19.8. The Bertz CT molecular complexity index is 869. The fraction of sp³-hybridized carbons (Fsp3) is 0.304. The molecule has 2 heterocycles. The van der Waals surface area contributed by atoms with Crippen LogP contribution in [0.4, 0.5) is 5.13 Å². The number of nitrogens with one attached hydrogen (secondary N) is 1. The molecule has 1 N–H and O–H groups in total. The van der Waals surface area contributed by atoms with Gasteiger partial charge in [0.15, 0.2) is 5.13 Å². The average molecular weight is 408 g/mol. The van der Waals surface area contributed by atoms with Gasteiger partial charge in [0.2, 0.25) is 5.91 Å². The Morgan fingerprint density at radius 3 is 2.28 bits per heavy atom. The van der Waals surface area contributed by atoms with Crippen LogP contribution in [0.25, 0.3) is 0 Å². The summed E-state index contributed by atoms with van der Waals surface area (Å²) in [6.45, 7) is 4.19. The Kier molecular flexibility index (Phi) is 6.67. The lowest BCUT2D eigenvalue weighted by molar-refractivity contribution is -0.116. The predicted molar refractivity (Wildman–Crippen MR) is 116 cm³/mol. The zero-order valence-corrected chi connectivity index (χ0v) is 17.1. The number of carbonyl (C=O) groups is 1. The number of aromatic nitrogens is 1.